The molecule has 17 heavy (non-hydrogen) atoms. The van der Waals surface area contributed by atoms with Gasteiger partial charge in [0.15, 0.2) is 0 Å². The van der Waals surface area contributed by atoms with Crippen LogP contribution in [0.5, 0.6) is 0 Å². The van der Waals surface area contributed by atoms with Crippen LogP contribution in [0.2, 0.25) is 0 Å². The van der Waals surface area contributed by atoms with Gasteiger partial charge >= 0.3 is 0 Å². The van der Waals surface area contributed by atoms with Gasteiger partial charge in [0.25, 0.3) is 0 Å². The van der Waals surface area contributed by atoms with E-state index in [0.717, 1.165) is 6.61 Å². The minimum absolute atomic E-state index is 0. The summed E-state index contributed by atoms with van der Waals surface area (Å²) in [5, 5.41) is 3.62. The summed E-state index contributed by atoms with van der Waals surface area (Å²) in [4.78, 5) is 2.61. The highest BCUT2D eigenvalue weighted by atomic mass is 35.5. The summed E-state index contributed by atoms with van der Waals surface area (Å²) in [7, 11) is 0. The molecule has 2 heterocycles. The molecule has 2 rings (SSSR count). The topological polar surface area (TPSA) is 24.5 Å². The number of hydrogen-bond donors (Lipinski definition) is 1. The molecule has 102 valence electrons. The fourth-order valence-electron chi connectivity index (χ4n) is 3.23. The summed E-state index contributed by atoms with van der Waals surface area (Å²) in [5.41, 5.74) is -0.135. The molecule has 1 N–H and O–H groups in total. The van der Waals surface area contributed by atoms with Crippen molar-refractivity contribution in [1.82, 2.24) is 10.2 Å². The SMILES string of the molecule is CC1COC(C)(C2CCCCN2C(C)C)N1.Cl. The van der Waals surface area contributed by atoms with Gasteiger partial charge in [-0.1, -0.05) is 6.42 Å². The molecule has 2 aliphatic heterocycles. The Balaban J connectivity index is 0.00000144. The molecule has 0 spiro atoms. The van der Waals surface area contributed by atoms with Gasteiger partial charge in [-0.2, -0.15) is 0 Å². The lowest BCUT2D eigenvalue weighted by Crippen LogP contribution is -2.61. The Morgan fingerprint density at radius 3 is 2.59 bits per heavy atom. The quantitative estimate of drug-likeness (QED) is 0.827. The molecule has 3 unspecified atom stereocenters. The second-order valence-corrected chi connectivity index (χ2v) is 5.81. The smallest absolute Gasteiger partial charge is 0.132 e. The fraction of sp³-hybridized carbons (Fsp3) is 1.00. The lowest BCUT2D eigenvalue weighted by Gasteiger charge is -2.46. The standard InChI is InChI=1S/C13H26N2O.ClH/c1-10(2)15-8-6-5-7-12(15)13(4)14-11(3)9-16-13;/h10-12,14H,5-9H2,1-4H3;1H. The maximum absolute atomic E-state index is 6.02. The summed E-state index contributed by atoms with van der Waals surface area (Å²) < 4.78 is 6.02. The van der Waals surface area contributed by atoms with Crippen LogP contribution >= 0.6 is 12.4 Å². The van der Waals surface area contributed by atoms with Crippen LogP contribution < -0.4 is 5.32 Å². The van der Waals surface area contributed by atoms with Crippen LogP contribution in [0, 0.1) is 0 Å². The highest BCUT2D eigenvalue weighted by molar-refractivity contribution is 5.85. The first-order valence-electron chi connectivity index (χ1n) is 6.70. The van der Waals surface area contributed by atoms with E-state index in [1.807, 2.05) is 0 Å². The van der Waals surface area contributed by atoms with Crippen molar-refractivity contribution in [3.05, 3.63) is 0 Å². The molecular weight excluding hydrogens is 236 g/mol. The maximum Gasteiger partial charge on any atom is 0.132 e. The molecule has 0 bridgehead atoms. The molecule has 3 nitrogen and oxygen atoms in total. The third kappa shape index (κ3) is 3.14. The van der Waals surface area contributed by atoms with Crippen molar-refractivity contribution in [2.75, 3.05) is 13.2 Å². The van der Waals surface area contributed by atoms with E-state index in [4.69, 9.17) is 4.74 Å². The molecule has 2 saturated heterocycles. The lowest BCUT2D eigenvalue weighted by atomic mass is 9.92. The van der Waals surface area contributed by atoms with Crippen LogP contribution in [0.25, 0.3) is 0 Å². The predicted octanol–water partition coefficient (Wildman–Crippen LogP) is 2.40. The average Bonchev–Trinajstić information content (AvgIpc) is 2.60. The maximum atomic E-state index is 6.02. The zero-order valence-corrected chi connectivity index (χ0v) is 12.3. The van der Waals surface area contributed by atoms with E-state index in [0.29, 0.717) is 18.1 Å². The first-order valence-corrected chi connectivity index (χ1v) is 6.70. The van der Waals surface area contributed by atoms with E-state index in [-0.39, 0.29) is 18.1 Å². The highest BCUT2D eigenvalue weighted by Crippen LogP contribution is 2.31. The molecule has 0 aromatic rings. The number of halogens is 1. The van der Waals surface area contributed by atoms with Crippen molar-refractivity contribution >= 4 is 12.4 Å². The number of nitrogens with one attached hydrogen (secondary N) is 1. The Morgan fingerprint density at radius 1 is 1.35 bits per heavy atom. The third-order valence-corrected chi connectivity index (χ3v) is 4.01. The normalized spacial score (nSPS) is 39.4. The molecule has 0 radical (unpaired) electrons. The van der Waals surface area contributed by atoms with Gasteiger partial charge in [0.05, 0.1) is 12.6 Å². The van der Waals surface area contributed by atoms with Gasteiger partial charge in [0, 0.05) is 12.1 Å². The van der Waals surface area contributed by atoms with Gasteiger partial charge < -0.3 is 4.74 Å². The van der Waals surface area contributed by atoms with Crippen LogP contribution in [-0.2, 0) is 4.74 Å². The molecule has 2 aliphatic rings. The fourth-order valence-corrected chi connectivity index (χ4v) is 3.23. The van der Waals surface area contributed by atoms with Crippen LogP contribution in [0.4, 0.5) is 0 Å². The number of nitrogens with zero attached hydrogens (tertiary/aromatic N) is 1. The molecule has 0 saturated carbocycles. The van der Waals surface area contributed by atoms with E-state index in [1.54, 1.807) is 0 Å². The summed E-state index contributed by atoms with van der Waals surface area (Å²) >= 11 is 0. The van der Waals surface area contributed by atoms with Gasteiger partial charge in [-0.15, -0.1) is 12.4 Å². The molecule has 0 amide bonds. The van der Waals surface area contributed by atoms with Crippen molar-refractivity contribution in [2.45, 2.75) is 70.8 Å². The molecule has 0 aromatic heterocycles. The number of likely N-dealkylation sites (tertiary alicyclic amines) is 1. The highest BCUT2D eigenvalue weighted by Gasteiger charge is 2.44. The molecule has 4 heteroatoms. The first kappa shape index (κ1) is 15.2. The molecule has 2 fully saturated rings. The number of piperidine rings is 1. The van der Waals surface area contributed by atoms with E-state index in [1.165, 1.54) is 25.8 Å². The van der Waals surface area contributed by atoms with Gasteiger partial charge in [-0.25, -0.2) is 0 Å². The van der Waals surface area contributed by atoms with E-state index in [2.05, 4.69) is 37.9 Å². The Hall–Kier alpha value is 0.170. The zero-order valence-electron chi connectivity index (χ0n) is 11.5. The van der Waals surface area contributed by atoms with Crippen molar-refractivity contribution in [2.24, 2.45) is 0 Å². The van der Waals surface area contributed by atoms with Gasteiger partial charge in [-0.3, -0.25) is 10.2 Å². The second kappa shape index (κ2) is 5.87. The van der Waals surface area contributed by atoms with Crippen molar-refractivity contribution in [3.63, 3.8) is 0 Å². The molecular formula is C13H27ClN2O. The average molecular weight is 263 g/mol. The number of ether oxygens (including phenoxy) is 1. The number of rotatable bonds is 2. The van der Waals surface area contributed by atoms with Gasteiger partial charge in [0.2, 0.25) is 0 Å². The Bertz CT molecular complexity index is 250. The minimum Gasteiger partial charge on any atom is -0.358 e. The van der Waals surface area contributed by atoms with Crippen LogP contribution in [0.15, 0.2) is 0 Å². The van der Waals surface area contributed by atoms with Crippen LogP contribution in [-0.4, -0.2) is 41.9 Å². The summed E-state index contributed by atoms with van der Waals surface area (Å²) in [6.07, 6.45) is 3.93. The summed E-state index contributed by atoms with van der Waals surface area (Å²) in [5.74, 6) is 0. The van der Waals surface area contributed by atoms with E-state index >= 15 is 0 Å². The van der Waals surface area contributed by atoms with Crippen molar-refractivity contribution in [3.8, 4) is 0 Å². The largest absolute Gasteiger partial charge is 0.358 e. The molecule has 0 aromatic carbocycles. The van der Waals surface area contributed by atoms with Crippen molar-refractivity contribution in [1.29, 1.82) is 0 Å². The molecule has 0 aliphatic carbocycles. The second-order valence-electron chi connectivity index (χ2n) is 5.81. The lowest BCUT2D eigenvalue weighted by molar-refractivity contribution is -0.0865. The number of hydrogen-bond acceptors (Lipinski definition) is 3. The summed E-state index contributed by atoms with van der Waals surface area (Å²) in [6.45, 7) is 11.1. The van der Waals surface area contributed by atoms with Crippen LogP contribution in [0.1, 0.15) is 47.0 Å². The molecule has 3 atom stereocenters. The monoisotopic (exact) mass is 262 g/mol. The van der Waals surface area contributed by atoms with E-state index < -0.39 is 0 Å². The Kier molecular flexibility index (Phi) is 5.26. The van der Waals surface area contributed by atoms with Crippen LogP contribution in [0.3, 0.4) is 0 Å². The Morgan fingerprint density at radius 2 is 2.06 bits per heavy atom. The Labute approximate surface area is 112 Å². The third-order valence-electron chi connectivity index (χ3n) is 4.01. The van der Waals surface area contributed by atoms with Gasteiger partial charge in [0.1, 0.15) is 5.72 Å². The summed E-state index contributed by atoms with van der Waals surface area (Å²) in [6, 6.07) is 1.63. The predicted molar refractivity (Wildman–Crippen MR) is 73.7 cm³/mol. The minimum atomic E-state index is -0.135. The first-order chi connectivity index (χ1) is 7.53. The van der Waals surface area contributed by atoms with E-state index in [9.17, 15) is 0 Å². The van der Waals surface area contributed by atoms with Crippen molar-refractivity contribution < 1.29 is 4.74 Å². The zero-order chi connectivity index (χ0) is 11.8. The van der Waals surface area contributed by atoms with Gasteiger partial charge in [-0.05, 0) is 47.1 Å².